The highest BCUT2D eigenvalue weighted by atomic mass is 16.6. The van der Waals surface area contributed by atoms with E-state index in [1.54, 1.807) is 24.3 Å². The molecule has 34 heavy (non-hydrogen) atoms. The molecule has 0 radical (unpaired) electrons. The lowest BCUT2D eigenvalue weighted by Gasteiger charge is -2.51. The smallest absolute Gasteiger partial charge is 0.338 e. The number of nitrogens with zero attached hydrogens (tertiary/aromatic N) is 2. The molecule has 2 heterocycles. The van der Waals surface area contributed by atoms with E-state index in [-0.39, 0.29) is 0 Å². The standard InChI is InChI=1S/C26H40N2O6/c1-23(2)15-13-19(25(5,6)27(23)31)33-21(29)17-9-11-18(12-10-17)22(30)34-20-14-16-24(3,4)28(32)26(20,7)8/h9-12,19-20,31-32H,13-16H2,1-8H3. The molecule has 0 aliphatic carbocycles. The molecule has 2 N–H and O–H groups in total. The van der Waals surface area contributed by atoms with Crippen LogP contribution in [-0.4, -0.2) is 66.8 Å². The van der Waals surface area contributed by atoms with E-state index in [9.17, 15) is 20.0 Å². The van der Waals surface area contributed by atoms with Crippen LogP contribution < -0.4 is 0 Å². The van der Waals surface area contributed by atoms with Crippen LogP contribution >= 0.6 is 0 Å². The molecular weight excluding hydrogens is 436 g/mol. The van der Waals surface area contributed by atoms with Gasteiger partial charge in [0.15, 0.2) is 0 Å². The van der Waals surface area contributed by atoms with Crippen molar-refractivity contribution >= 4 is 11.9 Å². The second-order valence-corrected chi connectivity index (χ2v) is 12.0. The Morgan fingerprint density at radius 3 is 1.29 bits per heavy atom. The van der Waals surface area contributed by atoms with Gasteiger partial charge in [0, 0.05) is 11.1 Å². The lowest BCUT2D eigenvalue weighted by molar-refractivity contribution is -0.269. The number of esters is 2. The first-order chi connectivity index (χ1) is 15.5. The molecule has 0 spiro atoms. The number of hydroxylamine groups is 4. The van der Waals surface area contributed by atoms with Crippen LogP contribution in [0.4, 0.5) is 0 Å². The van der Waals surface area contributed by atoms with Crippen LogP contribution in [0, 0.1) is 0 Å². The number of benzene rings is 1. The summed E-state index contributed by atoms with van der Waals surface area (Å²) >= 11 is 0. The first kappa shape index (κ1) is 26.6. The maximum atomic E-state index is 12.8. The van der Waals surface area contributed by atoms with Gasteiger partial charge in [-0.3, -0.25) is 0 Å². The Kier molecular flexibility index (Phi) is 6.96. The highest BCUT2D eigenvalue weighted by Gasteiger charge is 2.50. The van der Waals surface area contributed by atoms with Gasteiger partial charge in [0.05, 0.1) is 22.2 Å². The van der Waals surface area contributed by atoms with E-state index in [0.717, 1.165) is 0 Å². The van der Waals surface area contributed by atoms with Crippen molar-refractivity contribution in [2.45, 2.75) is 115 Å². The number of hydrogen-bond donors (Lipinski definition) is 2. The molecule has 2 fully saturated rings. The Bertz CT molecular complexity index is 847. The summed E-state index contributed by atoms with van der Waals surface area (Å²) in [7, 11) is 0. The Balaban J connectivity index is 1.65. The predicted molar refractivity (Wildman–Crippen MR) is 127 cm³/mol. The topological polar surface area (TPSA) is 99.5 Å². The van der Waals surface area contributed by atoms with Crippen LogP contribution in [0.15, 0.2) is 24.3 Å². The Morgan fingerprint density at radius 1 is 0.706 bits per heavy atom. The second-order valence-electron chi connectivity index (χ2n) is 12.0. The van der Waals surface area contributed by atoms with Gasteiger partial charge in [0.2, 0.25) is 0 Å². The summed E-state index contributed by atoms with van der Waals surface area (Å²) in [6.45, 7) is 15.2. The van der Waals surface area contributed by atoms with Gasteiger partial charge in [-0.2, -0.15) is 10.1 Å². The fourth-order valence-electron chi connectivity index (χ4n) is 5.26. The van der Waals surface area contributed by atoms with E-state index in [0.29, 0.717) is 36.8 Å². The molecule has 8 nitrogen and oxygen atoms in total. The zero-order valence-electron chi connectivity index (χ0n) is 21.7. The van der Waals surface area contributed by atoms with Crippen molar-refractivity contribution in [3.63, 3.8) is 0 Å². The molecular formula is C26H40N2O6. The van der Waals surface area contributed by atoms with Crippen molar-refractivity contribution in [2.24, 2.45) is 0 Å². The average molecular weight is 477 g/mol. The summed E-state index contributed by atoms with van der Waals surface area (Å²) in [5.74, 6) is -1.00. The Morgan fingerprint density at radius 2 is 1.00 bits per heavy atom. The van der Waals surface area contributed by atoms with Crippen LogP contribution in [0.5, 0.6) is 0 Å². The minimum atomic E-state index is -0.733. The number of ether oxygens (including phenoxy) is 2. The molecule has 1 aromatic carbocycles. The summed E-state index contributed by atoms with van der Waals surface area (Å²) in [5.41, 5.74) is -1.62. The quantitative estimate of drug-likeness (QED) is 0.597. The third-order valence-corrected chi connectivity index (χ3v) is 7.71. The van der Waals surface area contributed by atoms with Crippen LogP contribution in [0.3, 0.4) is 0 Å². The average Bonchev–Trinajstić information content (AvgIpc) is 2.75. The lowest BCUT2D eigenvalue weighted by Crippen LogP contribution is -2.63. The molecule has 0 aromatic heterocycles. The van der Waals surface area contributed by atoms with Crippen molar-refractivity contribution in [3.8, 4) is 0 Å². The molecule has 0 bridgehead atoms. The zero-order chi connectivity index (χ0) is 25.7. The third kappa shape index (κ3) is 4.87. The number of carbonyl (C=O) groups is 2. The van der Waals surface area contributed by atoms with Gasteiger partial charge in [0.1, 0.15) is 12.2 Å². The monoisotopic (exact) mass is 476 g/mol. The lowest BCUT2D eigenvalue weighted by atomic mass is 9.80. The number of carbonyl (C=O) groups excluding carboxylic acids is 2. The van der Waals surface area contributed by atoms with E-state index < -0.39 is 46.3 Å². The second kappa shape index (κ2) is 8.90. The van der Waals surface area contributed by atoms with E-state index in [2.05, 4.69) is 0 Å². The Hall–Kier alpha value is -2.00. The van der Waals surface area contributed by atoms with Crippen molar-refractivity contribution < 1.29 is 29.5 Å². The van der Waals surface area contributed by atoms with Gasteiger partial charge in [-0.15, -0.1) is 0 Å². The van der Waals surface area contributed by atoms with Gasteiger partial charge in [0.25, 0.3) is 0 Å². The first-order valence-electron chi connectivity index (χ1n) is 12.0. The van der Waals surface area contributed by atoms with Gasteiger partial charge >= 0.3 is 11.9 Å². The minimum Gasteiger partial charge on any atom is -0.457 e. The summed E-state index contributed by atoms with van der Waals surface area (Å²) in [6.07, 6.45) is 1.72. The predicted octanol–water partition coefficient (Wildman–Crippen LogP) is 4.82. The molecule has 2 aliphatic heterocycles. The van der Waals surface area contributed by atoms with Gasteiger partial charge in [-0.1, -0.05) is 0 Å². The van der Waals surface area contributed by atoms with Crippen LogP contribution in [0.2, 0.25) is 0 Å². The molecule has 2 aliphatic rings. The van der Waals surface area contributed by atoms with Crippen LogP contribution in [0.1, 0.15) is 102 Å². The molecule has 8 heteroatoms. The van der Waals surface area contributed by atoms with E-state index >= 15 is 0 Å². The summed E-state index contributed by atoms with van der Waals surface area (Å²) in [4.78, 5) is 25.6. The number of hydrogen-bond acceptors (Lipinski definition) is 8. The maximum absolute atomic E-state index is 12.8. The van der Waals surface area contributed by atoms with Crippen molar-refractivity contribution in [3.05, 3.63) is 35.4 Å². The highest BCUT2D eigenvalue weighted by Crippen LogP contribution is 2.39. The summed E-state index contributed by atoms with van der Waals surface area (Å²) in [6, 6.07) is 6.18. The van der Waals surface area contributed by atoms with Gasteiger partial charge in [-0.25, -0.2) is 9.59 Å². The molecule has 0 amide bonds. The fourth-order valence-corrected chi connectivity index (χ4v) is 5.26. The maximum Gasteiger partial charge on any atom is 0.338 e. The highest BCUT2D eigenvalue weighted by molar-refractivity contribution is 5.93. The Labute approximate surface area is 202 Å². The van der Waals surface area contributed by atoms with Crippen molar-refractivity contribution in [1.82, 2.24) is 10.1 Å². The molecule has 3 rings (SSSR count). The largest absolute Gasteiger partial charge is 0.457 e. The fraction of sp³-hybridized carbons (Fsp3) is 0.692. The van der Waals surface area contributed by atoms with Crippen LogP contribution in [-0.2, 0) is 9.47 Å². The number of rotatable bonds is 4. The molecule has 0 saturated carbocycles. The SMILES string of the molecule is CC1(C)CCC(OC(=O)c2ccc(C(=O)OC3CCC(C)(C)N(O)C3(C)C)cc2)C(C)(C)N1O. The zero-order valence-corrected chi connectivity index (χ0v) is 21.7. The molecule has 1 aromatic rings. The van der Waals surface area contributed by atoms with Crippen LogP contribution in [0.25, 0.3) is 0 Å². The van der Waals surface area contributed by atoms with E-state index in [1.165, 1.54) is 10.1 Å². The molecule has 2 unspecified atom stereocenters. The summed E-state index contributed by atoms with van der Waals surface area (Å²) in [5, 5.41) is 23.8. The van der Waals surface area contributed by atoms with Gasteiger partial charge < -0.3 is 19.9 Å². The third-order valence-electron chi connectivity index (χ3n) is 7.71. The van der Waals surface area contributed by atoms with Crippen molar-refractivity contribution in [2.75, 3.05) is 0 Å². The molecule has 2 atom stereocenters. The number of piperidine rings is 2. The van der Waals surface area contributed by atoms with E-state index in [1.807, 2.05) is 55.4 Å². The van der Waals surface area contributed by atoms with Crippen molar-refractivity contribution in [1.29, 1.82) is 0 Å². The van der Waals surface area contributed by atoms with E-state index in [4.69, 9.17) is 9.47 Å². The first-order valence-corrected chi connectivity index (χ1v) is 12.0. The molecule has 190 valence electrons. The minimum absolute atomic E-state index is 0.322. The molecule has 2 saturated heterocycles. The normalized spacial score (nSPS) is 28.2. The van der Waals surface area contributed by atoms with Gasteiger partial charge in [-0.05, 0) is 105 Å². The summed E-state index contributed by atoms with van der Waals surface area (Å²) < 4.78 is 11.5.